The van der Waals surface area contributed by atoms with Crippen LogP contribution in [-0.4, -0.2) is 15.1 Å². The number of anilines is 4. The van der Waals surface area contributed by atoms with Crippen molar-refractivity contribution in [2.24, 2.45) is 0 Å². The van der Waals surface area contributed by atoms with E-state index < -0.39 is 0 Å². The van der Waals surface area contributed by atoms with Gasteiger partial charge >= 0.3 is 0 Å². The molecule has 2 aromatic heterocycles. The molecular weight excluding hydrogens is 302 g/mol. The first-order chi connectivity index (χ1) is 11.5. The van der Waals surface area contributed by atoms with Crippen LogP contribution in [0.15, 0.2) is 40.9 Å². The van der Waals surface area contributed by atoms with E-state index in [1.807, 2.05) is 26.0 Å². The summed E-state index contributed by atoms with van der Waals surface area (Å²) in [7, 11) is 0. The van der Waals surface area contributed by atoms with Gasteiger partial charge in [0, 0.05) is 17.8 Å². The Morgan fingerprint density at radius 3 is 2.12 bits per heavy atom. The summed E-state index contributed by atoms with van der Waals surface area (Å²) in [5, 5.41) is 10.3. The molecule has 0 amide bonds. The van der Waals surface area contributed by atoms with Crippen molar-refractivity contribution in [3.05, 3.63) is 53.5 Å². The van der Waals surface area contributed by atoms with Crippen LogP contribution in [0, 0.1) is 13.8 Å². The lowest BCUT2D eigenvalue weighted by atomic mass is 10.0. The predicted molar refractivity (Wildman–Crippen MR) is 95.1 cm³/mol. The zero-order chi connectivity index (χ0) is 17.1. The number of nitrogens with one attached hydrogen (secondary N) is 2. The van der Waals surface area contributed by atoms with Crippen molar-refractivity contribution >= 4 is 23.1 Å². The van der Waals surface area contributed by atoms with Gasteiger partial charge in [-0.1, -0.05) is 31.1 Å². The molecule has 24 heavy (non-hydrogen) atoms. The normalized spacial score (nSPS) is 10.9. The molecule has 6 heteroatoms. The minimum atomic E-state index is 0.516. The Kier molecular flexibility index (Phi) is 4.46. The van der Waals surface area contributed by atoms with Gasteiger partial charge < -0.3 is 15.2 Å². The summed E-state index contributed by atoms with van der Waals surface area (Å²) in [6.07, 6.45) is 0. The third-order valence-corrected chi connectivity index (χ3v) is 3.57. The quantitative estimate of drug-likeness (QED) is 0.709. The zero-order valence-corrected chi connectivity index (χ0v) is 14.3. The first kappa shape index (κ1) is 16.0. The van der Waals surface area contributed by atoms with Crippen LogP contribution in [0.3, 0.4) is 0 Å². The smallest absolute Gasteiger partial charge is 0.175 e. The Morgan fingerprint density at radius 2 is 1.54 bits per heavy atom. The molecule has 3 rings (SSSR count). The van der Waals surface area contributed by atoms with E-state index in [0.717, 1.165) is 17.3 Å². The number of nitrogens with zero attached hydrogens (tertiary/aromatic N) is 3. The van der Waals surface area contributed by atoms with Crippen LogP contribution in [0.25, 0.3) is 0 Å². The van der Waals surface area contributed by atoms with Gasteiger partial charge in [0.15, 0.2) is 5.82 Å². The molecule has 1 aromatic carbocycles. The minimum absolute atomic E-state index is 0.516. The molecule has 0 saturated carbocycles. The van der Waals surface area contributed by atoms with E-state index in [-0.39, 0.29) is 0 Å². The monoisotopic (exact) mass is 323 g/mol. The van der Waals surface area contributed by atoms with Crippen LogP contribution in [0.5, 0.6) is 0 Å². The van der Waals surface area contributed by atoms with E-state index in [1.165, 1.54) is 5.56 Å². The predicted octanol–water partition coefficient (Wildman–Crippen LogP) is 4.69. The van der Waals surface area contributed by atoms with Crippen molar-refractivity contribution < 1.29 is 4.52 Å². The lowest BCUT2D eigenvalue weighted by Gasteiger charge is -2.10. The van der Waals surface area contributed by atoms with Crippen LogP contribution >= 0.6 is 0 Å². The average molecular weight is 323 g/mol. The molecule has 6 nitrogen and oxygen atoms in total. The second-order valence-corrected chi connectivity index (χ2v) is 6.04. The Hall–Kier alpha value is -2.89. The van der Waals surface area contributed by atoms with Gasteiger partial charge in [0.2, 0.25) is 0 Å². The number of hydrogen-bond donors (Lipinski definition) is 2. The fourth-order valence-corrected chi connectivity index (χ4v) is 2.35. The number of aromatic nitrogens is 3. The molecule has 3 aromatic rings. The maximum atomic E-state index is 5.05. The highest BCUT2D eigenvalue weighted by Crippen LogP contribution is 2.22. The van der Waals surface area contributed by atoms with E-state index in [0.29, 0.717) is 23.4 Å². The number of hydrogen-bond acceptors (Lipinski definition) is 6. The third kappa shape index (κ3) is 3.90. The van der Waals surface area contributed by atoms with Crippen molar-refractivity contribution in [1.29, 1.82) is 0 Å². The van der Waals surface area contributed by atoms with Crippen molar-refractivity contribution in [3.8, 4) is 0 Å². The van der Waals surface area contributed by atoms with Gasteiger partial charge in [-0.25, -0.2) is 9.97 Å². The molecule has 0 spiro atoms. The Labute approximate surface area is 141 Å². The summed E-state index contributed by atoms with van der Waals surface area (Å²) in [5.41, 5.74) is 2.30. The number of benzene rings is 1. The summed E-state index contributed by atoms with van der Waals surface area (Å²) in [4.78, 5) is 8.80. The van der Waals surface area contributed by atoms with Gasteiger partial charge in [-0.2, -0.15) is 0 Å². The molecule has 0 aliphatic carbocycles. The van der Waals surface area contributed by atoms with E-state index >= 15 is 0 Å². The highest BCUT2D eigenvalue weighted by molar-refractivity contribution is 5.62. The second kappa shape index (κ2) is 6.70. The fourth-order valence-electron chi connectivity index (χ4n) is 2.35. The van der Waals surface area contributed by atoms with E-state index in [9.17, 15) is 0 Å². The molecule has 0 unspecified atom stereocenters. The number of aryl methyl sites for hydroxylation is 2. The summed E-state index contributed by atoms with van der Waals surface area (Å²) < 4.78 is 5.05. The topological polar surface area (TPSA) is 75.9 Å². The van der Waals surface area contributed by atoms with Crippen LogP contribution < -0.4 is 10.6 Å². The SMILES string of the molecule is Cc1nc(Nc2ccc(C(C)C)cc2)cc(Nc2cc(C)on2)n1. The summed E-state index contributed by atoms with van der Waals surface area (Å²) in [5.74, 6) is 3.94. The molecule has 2 heterocycles. The lowest BCUT2D eigenvalue weighted by Crippen LogP contribution is -2.01. The molecule has 0 aliphatic heterocycles. The molecule has 0 bridgehead atoms. The molecule has 2 N–H and O–H groups in total. The fraction of sp³-hybridized carbons (Fsp3) is 0.278. The van der Waals surface area contributed by atoms with E-state index in [4.69, 9.17) is 4.52 Å². The van der Waals surface area contributed by atoms with E-state index in [1.54, 1.807) is 0 Å². The average Bonchev–Trinajstić information content (AvgIpc) is 2.92. The maximum Gasteiger partial charge on any atom is 0.175 e. The van der Waals surface area contributed by atoms with Crippen molar-refractivity contribution in [2.45, 2.75) is 33.6 Å². The molecule has 0 radical (unpaired) electrons. The van der Waals surface area contributed by atoms with E-state index in [2.05, 4.69) is 63.9 Å². The molecule has 0 atom stereocenters. The van der Waals surface area contributed by atoms with Crippen molar-refractivity contribution in [1.82, 2.24) is 15.1 Å². The van der Waals surface area contributed by atoms with Crippen LogP contribution in [0.2, 0.25) is 0 Å². The Morgan fingerprint density at radius 1 is 0.875 bits per heavy atom. The van der Waals surface area contributed by atoms with Gasteiger partial charge in [0.25, 0.3) is 0 Å². The molecule has 0 aliphatic rings. The van der Waals surface area contributed by atoms with Crippen LogP contribution in [-0.2, 0) is 0 Å². The summed E-state index contributed by atoms with van der Waals surface area (Å²) in [6.45, 7) is 8.06. The number of rotatable bonds is 5. The van der Waals surface area contributed by atoms with Crippen LogP contribution in [0.1, 0.15) is 36.9 Å². The molecule has 124 valence electrons. The maximum absolute atomic E-state index is 5.05. The van der Waals surface area contributed by atoms with Gasteiger partial charge in [-0.3, -0.25) is 0 Å². The first-order valence-electron chi connectivity index (χ1n) is 7.92. The summed E-state index contributed by atoms with van der Waals surface area (Å²) in [6, 6.07) is 12.0. The van der Waals surface area contributed by atoms with Crippen LogP contribution in [0.4, 0.5) is 23.1 Å². The van der Waals surface area contributed by atoms with Gasteiger partial charge in [0.05, 0.1) is 0 Å². The second-order valence-electron chi connectivity index (χ2n) is 6.04. The first-order valence-corrected chi connectivity index (χ1v) is 7.92. The Balaban J connectivity index is 1.78. The van der Waals surface area contributed by atoms with Gasteiger partial charge in [-0.15, -0.1) is 0 Å². The largest absolute Gasteiger partial charge is 0.360 e. The van der Waals surface area contributed by atoms with Crippen molar-refractivity contribution in [3.63, 3.8) is 0 Å². The third-order valence-electron chi connectivity index (χ3n) is 3.57. The van der Waals surface area contributed by atoms with Gasteiger partial charge in [0.1, 0.15) is 23.2 Å². The minimum Gasteiger partial charge on any atom is -0.360 e. The zero-order valence-electron chi connectivity index (χ0n) is 14.3. The highest BCUT2D eigenvalue weighted by Gasteiger charge is 2.06. The highest BCUT2D eigenvalue weighted by atomic mass is 16.5. The lowest BCUT2D eigenvalue weighted by molar-refractivity contribution is 0.400. The molecule has 0 fully saturated rings. The molecular formula is C18H21N5O. The van der Waals surface area contributed by atoms with Gasteiger partial charge in [-0.05, 0) is 37.5 Å². The molecule has 0 saturated heterocycles. The Bertz CT molecular complexity index is 824. The standard InChI is InChI=1S/C18H21N5O/c1-11(2)14-5-7-15(8-6-14)21-16-10-17(20-13(4)19-16)22-18-9-12(3)24-23-18/h5-11H,1-4H3,(H2,19,20,21,22,23). The van der Waals surface area contributed by atoms with Crippen molar-refractivity contribution in [2.75, 3.05) is 10.6 Å². The summed E-state index contributed by atoms with van der Waals surface area (Å²) >= 11 is 0.